The Kier molecular flexibility index (Phi) is 4.22. The Labute approximate surface area is 107 Å². The van der Waals surface area contributed by atoms with Crippen LogP contribution in [-0.2, 0) is 9.59 Å². The Morgan fingerprint density at radius 1 is 1.00 bits per heavy atom. The summed E-state index contributed by atoms with van der Waals surface area (Å²) in [6, 6.07) is 0.0105. The molecule has 0 radical (unpaired) electrons. The van der Waals surface area contributed by atoms with Crippen molar-refractivity contribution in [3.63, 3.8) is 0 Å². The topological polar surface area (TPSA) is 86.6 Å². The Balaban J connectivity index is 1.89. The normalized spacial score (nSPS) is 36.3. The molecular weight excluding hydrogens is 234 g/mol. The van der Waals surface area contributed by atoms with E-state index >= 15 is 0 Å². The maximum Gasteiger partial charge on any atom is 0.307 e. The van der Waals surface area contributed by atoms with Crippen molar-refractivity contribution in [1.29, 1.82) is 0 Å². The van der Waals surface area contributed by atoms with Gasteiger partial charge < -0.3 is 15.5 Å². The molecule has 0 aromatic heterocycles. The lowest BCUT2D eigenvalue weighted by molar-refractivity contribution is -0.146. The van der Waals surface area contributed by atoms with Gasteiger partial charge in [-0.2, -0.15) is 0 Å². The molecule has 5 nitrogen and oxygen atoms in total. The van der Waals surface area contributed by atoms with E-state index in [1.54, 1.807) is 0 Å². The van der Waals surface area contributed by atoms with E-state index < -0.39 is 11.9 Å². The molecule has 2 aliphatic carbocycles. The van der Waals surface area contributed by atoms with E-state index in [0.29, 0.717) is 19.3 Å². The van der Waals surface area contributed by atoms with Gasteiger partial charge in [0, 0.05) is 6.04 Å². The molecule has 18 heavy (non-hydrogen) atoms. The summed E-state index contributed by atoms with van der Waals surface area (Å²) in [6.45, 7) is 0. The molecular formula is C13H21NO4. The van der Waals surface area contributed by atoms with Gasteiger partial charge in [-0.05, 0) is 38.5 Å². The number of carboxylic acids is 1. The second kappa shape index (κ2) is 5.69. The molecule has 4 unspecified atom stereocenters. The van der Waals surface area contributed by atoms with Gasteiger partial charge in [0.1, 0.15) is 0 Å². The molecule has 2 fully saturated rings. The van der Waals surface area contributed by atoms with Crippen LogP contribution in [0.25, 0.3) is 0 Å². The van der Waals surface area contributed by atoms with Gasteiger partial charge in [-0.25, -0.2) is 0 Å². The molecule has 2 rings (SSSR count). The molecule has 102 valence electrons. The minimum atomic E-state index is -0.865. The molecule has 0 aromatic rings. The monoisotopic (exact) mass is 255 g/mol. The lowest BCUT2D eigenvalue weighted by Gasteiger charge is -2.28. The van der Waals surface area contributed by atoms with Crippen molar-refractivity contribution in [1.82, 2.24) is 5.32 Å². The Morgan fingerprint density at radius 3 is 2.33 bits per heavy atom. The molecule has 1 amide bonds. The maximum absolute atomic E-state index is 12.1. The van der Waals surface area contributed by atoms with Gasteiger partial charge in [0.15, 0.2) is 0 Å². The summed E-state index contributed by atoms with van der Waals surface area (Å²) in [5.74, 6) is -1.92. The molecule has 2 aliphatic rings. The van der Waals surface area contributed by atoms with Crippen LogP contribution in [0.3, 0.4) is 0 Å². The number of hydrogen-bond donors (Lipinski definition) is 3. The molecule has 0 heterocycles. The third kappa shape index (κ3) is 3.02. The summed E-state index contributed by atoms with van der Waals surface area (Å²) in [5.41, 5.74) is 0. The zero-order chi connectivity index (χ0) is 13.1. The SMILES string of the molecule is O=C(O)C1CCCC1C(=O)NC1CCCC(O)C1. The second-order valence-electron chi connectivity index (χ2n) is 5.51. The average molecular weight is 255 g/mol. The maximum atomic E-state index is 12.1. The molecule has 5 heteroatoms. The van der Waals surface area contributed by atoms with Crippen LogP contribution < -0.4 is 5.32 Å². The van der Waals surface area contributed by atoms with Crippen molar-refractivity contribution >= 4 is 11.9 Å². The molecule has 0 saturated heterocycles. The van der Waals surface area contributed by atoms with Crippen molar-refractivity contribution in [2.24, 2.45) is 11.8 Å². The van der Waals surface area contributed by atoms with Crippen LogP contribution in [0, 0.1) is 11.8 Å². The number of rotatable bonds is 3. The van der Waals surface area contributed by atoms with Gasteiger partial charge in [-0.1, -0.05) is 6.42 Å². The second-order valence-corrected chi connectivity index (χ2v) is 5.51. The quantitative estimate of drug-likeness (QED) is 0.699. The zero-order valence-corrected chi connectivity index (χ0v) is 10.5. The summed E-state index contributed by atoms with van der Waals surface area (Å²) in [4.78, 5) is 23.1. The van der Waals surface area contributed by atoms with E-state index in [1.807, 2.05) is 0 Å². The summed E-state index contributed by atoms with van der Waals surface area (Å²) in [6.07, 6.45) is 4.93. The van der Waals surface area contributed by atoms with Crippen LogP contribution in [0.1, 0.15) is 44.9 Å². The van der Waals surface area contributed by atoms with Crippen LogP contribution in [0.2, 0.25) is 0 Å². The Hall–Kier alpha value is -1.10. The highest BCUT2D eigenvalue weighted by molar-refractivity contribution is 5.85. The van der Waals surface area contributed by atoms with Crippen LogP contribution in [-0.4, -0.2) is 34.2 Å². The molecule has 0 aliphatic heterocycles. The predicted molar refractivity (Wildman–Crippen MR) is 64.9 cm³/mol. The predicted octanol–water partition coefficient (Wildman–Crippen LogP) is 0.907. The standard InChI is InChI=1S/C13H21NO4/c15-9-4-1-3-8(7-9)14-12(16)10-5-2-6-11(10)13(17)18/h8-11,15H,1-7H2,(H,14,16)(H,17,18). The number of aliphatic hydroxyl groups is 1. The number of aliphatic hydroxyl groups excluding tert-OH is 1. The van der Waals surface area contributed by atoms with Crippen molar-refractivity contribution in [3.8, 4) is 0 Å². The fourth-order valence-electron chi connectivity index (χ4n) is 3.17. The van der Waals surface area contributed by atoms with E-state index in [1.165, 1.54) is 0 Å². The number of amides is 1. The molecule has 0 aromatic carbocycles. The number of aliphatic carboxylic acids is 1. The van der Waals surface area contributed by atoms with Crippen molar-refractivity contribution in [2.75, 3.05) is 0 Å². The van der Waals surface area contributed by atoms with Crippen molar-refractivity contribution in [2.45, 2.75) is 57.1 Å². The largest absolute Gasteiger partial charge is 0.481 e. The summed E-state index contributed by atoms with van der Waals surface area (Å²) in [5, 5.41) is 21.5. The van der Waals surface area contributed by atoms with E-state index in [4.69, 9.17) is 5.11 Å². The number of nitrogens with one attached hydrogen (secondary N) is 1. The smallest absolute Gasteiger partial charge is 0.307 e. The van der Waals surface area contributed by atoms with Gasteiger partial charge in [0.2, 0.25) is 5.91 Å². The number of carbonyl (C=O) groups excluding carboxylic acids is 1. The van der Waals surface area contributed by atoms with Crippen LogP contribution in [0.4, 0.5) is 0 Å². The fourth-order valence-corrected chi connectivity index (χ4v) is 3.17. The minimum Gasteiger partial charge on any atom is -0.481 e. The van der Waals surface area contributed by atoms with E-state index in [-0.39, 0.29) is 24.0 Å². The van der Waals surface area contributed by atoms with E-state index in [0.717, 1.165) is 25.7 Å². The van der Waals surface area contributed by atoms with E-state index in [2.05, 4.69) is 5.32 Å². The minimum absolute atomic E-state index is 0.0105. The van der Waals surface area contributed by atoms with Crippen LogP contribution in [0.5, 0.6) is 0 Å². The summed E-state index contributed by atoms with van der Waals surface area (Å²) < 4.78 is 0. The highest BCUT2D eigenvalue weighted by atomic mass is 16.4. The van der Waals surface area contributed by atoms with Crippen molar-refractivity contribution < 1.29 is 19.8 Å². The summed E-state index contributed by atoms with van der Waals surface area (Å²) >= 11 is 0. The number of carbonyl (C=O) groups is 2. The van der Waals surface area contributed by atoms with E-state index in [9.17, 15) is 14.7 Å². The van der Waals surface area contributed by atoms with Crippen molar-refractivity contribution in [3.05, 3.63) is 0 Å². The van der Waals surface area contributed by atoms with Crippen LogP contribution in [0.15, 0.2) is 0 Å². The Morgan fingerprint density at radius 2 is 1.67 bits per heavy atom. The first-order chi connectivity index (χ1) is 8.58. The fraction of sp³-hybridized carbons (Fsp3) is 0.846. The third-order valence-electron chi connectivity index (χ3n) is 4.16. The first kappa shape index (κ1) is 13.3. The number of carboxylic acid groups (broad SMARTS) is 1. The highest BCUT2D eigenvalue weighted by Gasteiger charge is 2.38. The molecule has 0 bridgehead atoms. The van der Waals surface area contributed by atoms with Gasteiger partial charge in [0.05, 0.1) is 17.9 Å². The zero-order valence-electron chi connectivity index (χ0n) is 10.5. The van der Waals surface area contributed by atoms with Gasteiger partial charge in [0.25, 0.3) is 0 Å². The van der Waals surface area contributed by atoms with Gasteiger partial charge >= 0.3 is 5.97 Å². The first-order valence-electron chi connectivity index (χ1n) is 6.79. The molecule has 3 N–H and O–H groups in total. The first-order valence-corrected chi connectivity index (χ1v) is 6.79. The number of hydrogen-bond acceptors (Lipinski definition) is 3. The Bertz CT molecular complexity index is 331. The highest BCUT2D eigenvalue weighted by Crippen LogP contribution is 2.32. The van der Waals surface area contributed by atoms with Crippen LogP contribution >= 0.6 is 0 Å². The third-order valence-corrected chi connectivity index (χ3v) is 4.16. The lowest BCUT2D eigenvalue weighted by atomic mass is 9.91. The molecule has 0 spiro atoms. The molecule has 4 atom stereocenters. The average Bonchev–Trinajstić information content (AvgIpc) is 2.77. The molecule has 2 saturated carbocycles. The van der Waals surface area contributed by atoms with Gasteiger partial charge in [-0.3, -0.25) is 9.59 Å². The van der Waals surface area contributed by atoms with Gasteiger partial charge in [-0.15, -0.1) is 0 Å². The lowest BCUT2D eigenvalue weighted by Crippen LogP contribution is -2.44. The summed E-state index contributed by atoms with van der Waals surface area (Å²) in [7, 11) is 0.